The number of anilines is 1. The summed E-state index contributed by atoms with van der Waals surface area (Å²) in [5.74, 6) is -1.18. The number of ether oxygens (including phenoxy) is 1. The van der Waals surface area contributed by atoms with E-state index in [-0.39, 0.29) is 18.7 Å². The van der Waals surface area contributed by atoms with Gasteiger partial charge in [-0.25, -0.2) is 8.78 Å². The van der Waals surface area contributed by atoms with Crippen LogP contribution in [0.3, 0.4) is 0 Å². The molecule has 2 rings (SSSR count). The van der Waals surface area contributed by atoms with Gasteiger partial charge in [0.25, 0.3) is 0 Å². The molecule has 0 unspecified atom stereocenters. The fourth-order valence-electron chi connectivity index (χ4n) is 1.69. The van der Waals surface area contributed by atoms with Gasteiger partial charge in [0.05, 0.1) is 0 Å². The van der Waals surface area contributed by atoms with Crippen LogP contribution in [-0.4, -0.2) is 6.61 Å². The lowest BCUT2D eigenvalue weighted by molar-refractivity contribution is 0.368. The van der Waals surface area contributed by atoms with Crippen LogP contribution in [-0.2, 0) is 6.54 Å². The summed E-state index contributed by atoms with van der Waals surface area (Å²) in [5.41, 5.74) is 0.942. The van der Waals surface area contributed by atoms with E-state index in [0.717, 1.165) is 6.07 Å². The summed E-state index contributed by atoms with van der Waals surface area (Å²) in [7, 11) is 0. The van der Waals surface area contributed by atoms with Crippen LogP contribution in [0.2, 0.25) is 0 Å². The first kappa shape index (κ1) is 13.8. The van der Waals surface area contributed by atoms with Crippen LogP contribution < -0.4 is 10.1 Å². The monoisotopic (exact) mass is 274 g/mol. The normalized spacial score (nSPS) is 9.85. The van der Waals surface area contributed by atoms with E-state index in [1.165, 1.54) is 12.1 Å². The maximum Gasteiger partial charge on any atom is 0.174 e. The van der Waals surface area contributed by atoms with Crippen molar-refractivity contribution in [2.45, 2.75) is 6.54 Å². The predicted octanol–water partition coefficient (Wildman–Crippen LogP) is 3.48. The summed E-state index contributed by atoms with van der Waals surface area (Å²) in [4.78, 5) is 0. The molecular weight excluding hydrogens is 262 g/mol. The van der Waals surface area contributed by atoms with Crippen molar-refractivity contribution in [2.24, 2.45) is 0 Å². The second kappa shape index (κ2) is 6.53. The van der Waals surface area contributed by atoms with E-state index in [1.54, 1.807) is 24.3 Å². The number of halogens is 2. The van der Waals surface area contributed by atoms with Gasteiger partial charge in [0.15, 0.2) is 18.2 Å². The van der Waals surface area contributed by atoms with Gasteiger partial charge in [-0.1, -0.05) is 18.2 Å². The van der Waals surface area contributed by atoms with Crippen molar-refractivity contribution in [2.75, 3.05) is 11.9 Å². The molecule has 0 atom stereocenters. The molecule has 2 aromatic carbocycles. The molecule has 5 heteroatoms. The Bertz CT molecular complexity index is 638. The second-order valence-electron chi connectivity index (χ2n) is 4.04. The van der Waals surface area contributed by atoms with Gasteiger partial charge in [0.2, 0.25) is 0 Å². The van der Waals surface area contributed by atoms with Gasteiger partial charge in [-0.2, -0.15) is 5.26 Å². The van der Waals surface area contributed by atoms with Gasteiger partial charge in [-0.3, -0.25) is 0 Å². The van der Waals surface area contributed by atoms with Crippen molar-refractivity contribution in [1.29, 1.82) is 5.26 Å². The summed E-state index contributed by atoms with van der Waals surface area (Å²) < 4.78 is 31.7. The SMILES string of the molecule is N#CCOc1cccc(NCc2cccc(F)c2F)c1. The highest BCUT2D eigenvalue weighted by atomic mass is 19.2. The molecule has 3 nitrogen and oxygen atoms in total. The molecule has 0 aliphatic rings. The highest BCUT2D eigenvalue weighted by molar-refractivity contribution is 5.48. The quantitative estimate of drug-likeness (QED) is 0.907. The minimum atomic E-state index is -0.865. The maximum absolute atomic E-state index is 13.5. The molecule has 0 fully saturated rings. The third-order valence-corrected chi connectivity index (χ3v) is 2.65. The molecule has 0 radical (unpaired) electrons. The molecule has 1 N–H and O–H groups in total. The van der Waals surface area contributed by atoms with Crippen LogP contribution in [0.5, 0.6) is 5.75 Å². The topological polar surface area (TPSA) is 45.0 Å². The summed E-state index contributed by atoms with van der Waals surface area (Å²) in [6, 6.07) is 12.9. The third-order valence-electron chi connectivity index (χ3n) is 2.65. The van der Waals surface area contributed by atoms with Crippen LogP contribution in [0.4, 0.5) is 14.5 Å². The van der Waals surface area contributed by atoms with E-state index in [4.69, 9.17) is 10.00 Å². The Labute approximate surface area is 115 Å². The Morgan fingerprint density at radius 3 is 2.75 bits per heavy atom. The third kappa shape index (κ3) is 3.45. The largest absolute Gasteiger partial charge is 0.479 e. The van der Waals surface area contributed by atoms with Crippen LogP contribution in [0.25, 0.3) is 0 Å². The van der Waals surface area contributed by atoms with Gasteiger partial charge < -0.3 is 10.1 Å². The number of nitrogens with zero attached hydrogens (tertiary/aromatic N) is 1. The Kier molecular flexibility index (Phi) is 4.51. The number of benzene rings is 2. The molecule has 0 heterocycles. The van der Waals surface area contributed by atoms with E-state index in [2.05, 4.69) is 5.32 Å². The van der Waals surface area contributed by atoms with E-state index in [1.807, 2.05) is 6.07 Å². The smallest absolute Gasteiger partial charge is 0.174 e. The van der Waals surface area contributed by atoms with Gasteiger partial charge >= 0.3 is 0 Å². The van der Waals surface area contributed by atoms with Crippen molar-refractivity contribution in [3.8, 4) is 11.8 Å². The van der Waals surface area contributed by atoms with Gasteiger partial charge in [0.1, 0.15) is 11.8 Å². The van der Waals surface area contributed by atoms with Crippen molar-refractivity contribution in [3.05, 3.63) is 59.7 Å². The highest BCUT2D eigenvalue weighted by Crippen LogP contribution is 2.19. The standard InChI is InChI=1S/C15H12F2N2O/c16-14-6-1-3-11(15(14)17)10-19-12-4-2-5-13(9-12)20-8-7-18/h1-6,9,19H,8,10H2. The Morgan fingerprint density at radius 1 is 1.15 bits per heavy atom. The summed E-state index contributed by atoms with van der Waals surface area (Å²) in [6.07, 6.45) is 0. The number of hydrogen-bond donors (Lipinski definition) is 1. The first-order valence-corrected chi connectivity index (χ1v) is 5.97. The number of nitrogens with one attached hydrogen (secondary N) is 1. The zero-order valence-corrected chi connectivity index (χ0v) is 10.6. The maximum atomic E-state index is 13.5. The fourth-order valence-corrected chi connectivity index (χ4v) is 1.69. The fraction of sp³-hybridized carbons (Fsp3) is 0.133. The molecule has 0 aliphatic carbocycles. The molecule has 0 bridgehead atoms. The van der Waals surface area contributed by atoms with Crippen LogP contribution in [0.15, 0.2) is 42.5 Å². The zero-order chi connectivity index (χ0) is 14.4. The summed E-state index contributed by atoms with van der Waals surface area (Å²) in [5, 5.41) is 11.4. The van der Waals surface area contributed by atoms with Crippen LogP contribution in [0, 0.1) is 23.0 Å². The number of nitriles is 1. The molecule has 0 saturated carbocycles. The predicted molar refractivity (Wildman–Crippen MR) is 71.2 cm³/mol. The average molecular weight is 274 g/mol. The van der Waals surface area contributed by atoms with E-state index in [0.29, 0.717) is 11.4 Å². The van der Waals surface area contributed by atoms with Gasteiger partial charge in [-0.15, -0.1) is 0 Å². The lowest BCUT2D eigenvalue weighted by atomic mass is 10.2. The van der Waals surface area contributed by atoms with E-state index in [9.17, 15) is 8.78 Å². The van der Waals surface area contributed by atoms with Crippen molar-refractivity contribution >= 4 is 5.69 Å². The van der Waals surface area contributed by atoms with Crippen LogP contribution in [0.1, 0.15) is 5.56 Å². The molecule has 0 spiro atoms. The minimum Gasteiger partial charge on any atom is -0.479 e. The van der Waals surface area contributed by atoms with E-state index < -0.39 is 11.6 Å². The average Bonchev–Trinajstić information content (AvgIpc) is 2.47. The zero-order valence-electron chi connectivity index (χ0n) is 10.6. The summed E-state index contributed by atoms with van der Waals surface area (Å²) in [6.45, 7) is 0.118. The van der Waals surface area contributed by atoms with Crippen LogP contribution >= 0.6 is 0 Å². The number of rotatable bonds is 5. The highest BCUT2D eigenvalue weighted by Gasteiger charge is 2.07. The lowest BCUT2D eigenvalue weighted by Gasteiger charge is -2.09. The first-order valence-electron chi connectivity index (χ1n) is 5.97. The minimum absolute atomic E-state index is 0.0397. The molecule has 0 amide bonds. The van der Waals surface area contributed by atoms with Gasteiger partial charge in [0, 0.05) is 23.9 Å². The molecule has 20 heavy (non-hydrogen) atoms. The van der Waals surface area contributed by atoms with Crippen molar-refractivity contribution in [3.63, 3.8) is 0 Å². The second-order valence-corrected chi connectivity index (χ2v) is 4.04. The van der Waals surface area contributed by atoms with Crippen molar-refractivity contribution in [1.82, 2.24) is 0 Å². The molecule has 0 aliphatic heterocycles. The van der Waals surface area contributed by atoms with Crippen molar-refractivity contribution < 1.29 is 13.5 Å². The Balaban J connectivity index is 2.04. The molecule has 2 aromatic rings. The molecule has 0 aromatic heterocycles. The molecular formula is C15H12F2N2O. The Hall–Kier alpha value is -2.61. The lowest BCUT2D eigenvalue weighted by Crippen LogP contribution is -2.03. The summed E-state index contributed by atoms with van der Waals surface area (Å²) >= 11 is 0. The van der Waals surface area contributed by atoms with Gasteiger partial charge in [-0.05, 0) is 18.2 Å². The first-order chi connectivity index (χ1) is 9.70. The molecule has 102 valence electrons. The molecule has 0 saturated heterocycles. The Morgan fingerprint density at radius 2 is 1.95 bits per heavy atom. The van der Waals surface area contributed by atoms with E-state index >= 15 is 0 Å². The number of hydrogen-bond acceptors (Lipinski definition) is 3.